The van der Waals surface area contributed by atoms with E-state index in [9.17, 15) is 31.2 Å². The van der Waals surface area contributed by atoms with Gasteiger partial charge < -0.3 is 4.90 Å². The van der Waals surface area contributed by atoms with Gasteiger partial charge >= 0.3 is 11.5 Å². The Bertz CT molecular complexity index is 1620. The van der Waals surface area contributed by atoms with E-state index in [2.05, 4.69) is 4.98 Å². The summed E-state index contributed by atoms with van der Waals surface area (Å²) >= 11 is 0. The first-order valence-electron chi connectivity index (χ1n) is 11.5. The lowest BCUT2D eigenvalue weighted by molar-refractivity contribution is -0.119. The Morgan fingerprint density at radius 1 is 0.842 bits per heavy atom. The molecule has 0 saturated carbocycles. The summed E-state index contributed by atoms with van der Waals surface area (Å²) in [5.74, 6) is -0.566. The van der Waals surface area contributed by atoms with Gasteiger partial charge in [-0.1, -0.05) is 48.5 Å². The van der Waals surface area contributed by atoms with Crippen LogP contribution < -0.4 is 4.90 Å². The molecule has 1 fully saturated rings. The average Bonchev–Trinajstić information content (AvgIpc) is 3.13. The van der Waals surface area contributed by atoms with Crippen LogP contribution in [0, 0.1) is 0 Å². The molecule has 2 heterocycles. The highest BCUT2D eigenvalue weighted by Gasteiger charge is 2.48. The van der Waals surface area contributed by atoms with Gasteiger partial charge in [-0.05, 0) is 47.5 Å². The summed E-state index contributed by atoms with van der Waals surface area (Å²) in [6.07, 6.45) is 1.83. The topological polar surface area (TPSA) is 87.7 Å². The maximum Gasteiger partial charge on any atom is 0.501 e. The Labute approximate surface area is 216 Å². The number of para-hydroxylation sites is 1. The number of imide groups is 1. The molecule has 1 atom stereocenters. The van der Waals surface area contributed by atoms with Gasteiger partial charge in [0.2, 0.25) is 0 Å². The summed E-state index contributed by atoms with van der Waals surface area (Å²) in [7, 11) is -5.57. The zero-order chi connectivity index (χ0) is 27.1. The third kappa shape index (κ3) is 4.49. The molecule has 3 amide bonds. The molecule has 4 aromatic rings. The fraction of sp³-hybridized carbons (Fsp3) is 0.148. The molecule has 0 spiro atoms. The number of alkyl halides is 3. The van der Waals surface area contributed by atoms with Gasteiger partial charge in [0, 0.05) is 24.5 Å². The summed E-state index contributed by atoms with van der Waals surface area (Å²) in [6, 6.07) is 20.2. The molecule has 7 nitrogen and oxygen atoms in total. The number of hydrogen-bond acceptors (Lipinski definition) is 5. The highest BCUT2D eigenvalue weighted by atomic mass is 32.2. The van der Waals surface area contributed by atoms with Crippen LogP contribution in [0.25, 0.3) is 10.9 Å². The number of anilines is 1. The van der Waals surface area contributed by atoms with Crippen LogP contribution in [0.4, 0.5) is 23.7 Å². The molecular formula is C27H20F3N3O4S. The van der Waals surface area contributed by atoms with E-state index >= 15 is 0 Å². The normalized spacial score (nSPS) is 16.4. The molecule has 0 N–H and O–H groups in total. The number of benzene rings is 3. The molecule has 1 aliphatic heterocycles. The minimum atomic E-state index is -5.57. The van der Waals surface area contributed by atoms with E-state index in [1.807, 2.05) is 54.6 Å². The molecule has 1 aliphatic rings. The highest BCUT2D eigenvalue weighted by Crippen LogP contribution is 2.34. The highest BCUT2D eigenvalue weighted by molar-refractivity contribution is 7.92. The predicted molar refractivity (Wildman–Crippen MR) is 134 cm³/mol. The zero-order valence-electron chi connectivity index (χ0n) is 19.7. The summed E-state index contributed by atoms with van der Waals surface area (Å²) < 4.78 is 62.4. The van der Waals surface area contributed by atoms with Gasteiger partial charge in [0.1, 0.15) is 6.04 Å². The number of carbonyl (C=O) groups is 2. The first-order chi connectivity index (χ1) is 18.1. The fourth-order valence-corrected chi connectivity index (χ4v) is 5.23. The Morgan fingerprint density at radius 3 is 2.18 bits per heavy atom. The van der Waals surface area contributed by atoms with Crippen LogP contribution in [0.3, 0.4) is 0 Å². The SMILES string of the molecule is O=C1[C@@H](Cc2ccccc2)N(Cc2ccnc3ccccc23)C(=O)N1c1ccc(S(=O)(=O)C(F)(F)F)cc1. The molecule has 0 unspecified atom stereocenters. The Kier molecular flexibility index (Phi) is 6.39. The van der Waals surface area contributed by atoms with E-state index in [1.54, 1.807) is 12.3 Å². The van der Waals surface area contributed by atoms with Crippen molar-refractivity contribution in [1.29, 1.82) is 0 Å². The van der Waals surface area contributed by atoms with E-state index < -0.39 is 38.2 Å². The van der Waals surface area contributed by atoms with Crippen molar-refractivity contribution < 1.29 is 31.2 Å². The van der Waals surface area contributed by atoms with Crippen LogP contribution in [0.5, 0.6) is 0 Å². The van der Waals surface area contributed by atoms with Crippen LogP contribution in [0.15, 0.2) is 96.0 Å². The number of aromatic nitrogens is 1. The zero-order valence-corrected chi connectivity index (χ0v) is 20.5. The first kappa shape index (κ1) is 25.4. The smallest absolute Gasteiger partial charge is 0.307 e. The number of hydrogen-bond donors (Lipinski definition) is 0. The van der Waals surface area contributed by atoms with E-state index in [4.69, 9.17) is 0 Å². The molecule has 1 saturated heterocycles. The average molecular weight is 540 g/mol. The fourth-order valence-electron chi connectivity index (χ4n) is 4.47. The minimum absolute atomic E-state index is 0.0266. The molecule has 0 aliphatic carbocycles. The van der Waals surface area contributed by atoms with Crippen molar-refractivity contribution in [2.45, 2.75) is 29.4 Å². The molecule has 3 aromatic carbocycles. The van der Waals surface area contributed by atoms with Gasteiger partial charge in [0.05, 0.1) is 16.1 Å². The van der Waals surface area contributed by atoms with Gasteiger partial charge in [-0.15, -0.1) is 0 Å². The van der Waals surface area contributed by atoms with Crippen LogP contribution in [-0.4, -0.2) is 41.8 Å². The molecule has 1 aromatic heterocycles. The van der Waals surface area contributed by atoms with E-state index in [0.29, 0.717) is 0 Å². The lowest BCUT2D eigenvalue weighted by Gasteiger charge is -2.22. The largest absolute Gasteiger partial charge is 0.501 e. The number of carbonyl (C=O) groups excluding carboxylic acids is 2. The van der Waals surface area contributed by atoms with Gasteiger partial charge in [-0.25, -0.2) is 18.1 Å². The maximum absolute atomic E-state index is 13.6. The number of sulfone groups is 1. The number of rotatable bonds is 6. The second-order valence-electron chi connectivity index (χ2n) is 8.72. The summed E-state index contributed by atoms with van der Waals surface area (Å²) in [5, 5.41) is 0.814. The van der Waals surface area contributed by atoms with Crippen LogP contribution in [-0.2, 0) is 27.6 Å². The summed E-state index contributed by atoms with van der Waals surface area (Å²) in [6.45, 7) is 0.0855. The Balaban J connectivity index is 1.52. The minimum Gasteiger partial charge on any atom is -0.307 e. The number of fused-ring (bicyclic) bond motifs is 1. The summed E-state index contributed by atoms with van der Waals surface area (Å²) in [5.41, 5.74) is -3.19. The Morgan fingerprint density at radius 2 is 1.50 bits per heavy atom. The quantitative estimate of drug-likeness (QED) is 0.318. The number of urea groups is 1. The standard InChI is InChI=1S/C27H20F3N3O4S/c28-27(29,30)38(36,37)21-12-10-20(11-13-21)33-25(34)24(16-18-6-2-1-3-7-18)32(26(33)35)17-19-14-15-31-23-9-5-4-8-22(19)23/h1-15,24H,16-17H2/t24-/m1/s1. The number of halogens is 3. The molecule has 194 valence electrons. The molecular weight excluding hydrogens is 519 g/mol. The van der Waals surface area contributed by atoms with Crippen molar-refractivity contribution in [3.63, 3.8) is 0 Å². The van der Waals surface area contributed by atoms with E-state index in [1.165, 1.54) is 4.90 Å². The molecule has 38 heavy (non-hydrogen) atoms. The Hall–Kier alpha value is -4.25. The lowest BCUT2D eigenvalue weighted by atomic mass is 10.0. The summed E-state index contributed by atoms with van der Waals surface area (Å²) in [4.78, 5) is 32.8. The second kappa shape index (κ2) is 9.56. The monoisotopic (exact) mass is 539 g/mol. The molecule has 11 heteroatoms. The van der Waals surface area contributed by atoms with Crippen molar-refractivity contribution in [2.75, 3.05) is 4.90 Å². The third-order valence-corrected chi connectivity index (χ3v) is 7.88. The van der Waals surface area contributed by atoms with E-state index in [-0.39, 0.29) is 18.7 Å². The van der Waals surface area contributed by atoms with Crippen molar-refractivity contribution >= 4 is 38.4 Å². The van der Waals surface area contributed by atoms with Crippen LogP contribution >= 0.6 is 0 Å². The van der Waals surface area contributed by atoms with Gasteiger partial charge in [0.15, 0.2) is 0 Å². The van der Waals surface area contributed by atoms with Gasteiger partial charge in [0.25, 0.3) is 15.7 Å². The van der Waals surface area contributed by atoms with Crippen molar-refractivity contribution in [3.05, 3.63) is 102 Å². The lowest BCUT2D eigenvalue weighted by Crippen LogP contribution is -2.36. The van der Waals surface area contributed by atoms with Gasteiger partial charge in [-0.3, -0.25) is 9.78 Å². The van der Waals surface area contributed by atoms with Gasteiger partial charge in [-0.2, -0.15) is 13.2 Å². The van der Waals surface area contributed by atoms with Crippen molar-refractivity contribution in [2.24, 2.45) is 0 Å². The molecule has 0 radical (unpaired) electrons. The number of nitrogens with zero attached hydrogens (tertiary/aromatic N) is 3. The van der Waals surface area contributed by atoms with Crippen molar-refractivity contribution in [3.8, 4) is 0 Å². The van der Waals surface area contributed by atoms with E-state index in [0.717, 1.165) is 51.2 Å². The van der Waals surface area contributed by atoms with Crippen molar-refractivity contribution in [1.82, 2.24) is 9.88 Å². The van der Waals surface area contributed by atoms with Crippen LogP contribution in [0.2, 0.25) is 0 Å². The van der Waals surface area contributed by atoms with Crippen LogP contribution in [0.1, 0.15) is 11.1 Å². The predicted octanol–water partition coefficient (Wildman–Crippen LogP) is 5.11. The maximum atomic E-state index is 13.6. The second-order valence-corrected chi connectivity index (χ2v) is 10.7. The third-order valence-electron chi connectivity index (χ3n) is 6.38. The number of amides is 3. The number of pyridine rings is 1. The first-order valence-corrected chi connectivity index (χ1v) is 13.0. The molecule has 5 rings (SSSR count). The molecule has 0 bridgehead atoms.